The Morgan fingerprint density at radius 3 is 2.00 bits per heavy atom. The van der Waals surface area contributed by atoms with E-state index in [1.165, 1.54) is 12.1 Å². The van der Waals surface area contributed by atoms with Crippen LogP contribution < -0.4 is 0 Å². The first-order valence-electron chi connectivity index (χ1n) is 6.40. The number of halogens is 3. The van der Waals surface area contributed by atoms with Crippen molar-refractivity contribution in [3.05, 3.63) is 35.4 Å². The molecule has 2 rings (SSSR count). The summed E-state index contributed by atoms with van der Waals surface area (Å²) in [6.07, 6.45) is -4.23. The van der Waals surface area contributed by atoms with E-state index in [9.17, 15) is 13.2 Å². The van der Waals surface area contributed by atoms with Crippen LogP contribution in [0.4, 0.5) is 13.2 Å². The summed E-state index contributed by atoms with van der Waals surface area (Å²) in [7, 11) is 0. The molecule has 1 heterocycles. The van der Waals surface area contributed by atoms with Crippen LogP contribution in [0.25, 0.3) is 0 Å². The third-order valence-corrected chi connectivity index (χ3v) is 3.11. The Hall–Kier alpha value is -1.03. The van der Waals surface area contributed by atoms with Gasteiger partial charge in [0.25, 0.3) is 0 Å². The van der Waals surface area contributed by atoms with Crippen LogP contribution in [0.5, 0.6) is 0 Å². The Bertz CT molecular complexity index is 350. The second-order valence-corrected chi connectivity index (χ2v) is 4.17. The van der Waals surface area contributed by atoms with Crippen LogP contribution in [-0.2, 0) is 6.18 Å². The lowest BCUT2D eigenvalue weighted by Crippen LogP contribution is -2.44. The minimum Gasteiger partial charge on any atom is -0.302 e. The van der Waals surface area contributed by atoms with Gasteiger partial charge in [-0.3, -0.25) is 0 Å². The van der Waals surface area contributed by atoms with E-state index >= 15 is 0 Å². The standard InChI is InChI=1S/C12H14F3N.C2H6/c1-2-16-7-10(8-16)9-3-5-11(6-4-9)12(13,14)15;1-2/h3-6,10H,2,7-8H2,1H3;1-2H3. The molecule has 0 atom stereocenters. The van der Waals surface area contributed by atoms with Gasteiger partial charge in [-0.05, 0) is 24.2 Å². The second kappa shape index (κ2) is 6.23. The molecule has 1 aliphatic heterocycles. The molecule has 0 radical (unpaired) electrons. The number of rotatable bonds is 2. The number of hydrogen-bond acceptors (Lipinski definition) is 1. The van der Waals surface area contributed by atoms with Crippen molar-refractivity contribution in [2.45, 2.75) is 32.9 Å². The predicted molar refractivity (Wildman–Crippen MR) is 67.6 cm³/mol. The first-order valence-corrected chi connectivity index (χ1v) is 6.40. The minimum absolute atomic E-state index is 0.405. The average molecular weight is 259 g/mol. The molecule has 102 valence electrons. The summed E-state index contributed by atoms with van der Waals surface area (Å²) >= 11 is 0. The summed E-state index contributed by atoms with van der Waals surface area (Å²) in [5.74, 6) is 0.405. The van der Waals surface area contributed by atoms with E-state index in [0.717, 1.165) is 25.2 Å². The van der Waals surface area contributed by atoms with Crippen LogP contribution in [0, 0.1) is 0 Å². The molecule has 0 aliphatic carbocycles. The summed E-state index contributed by atoms with van der Waals surface area (Å²) in [5, 5.41) is 0. The Morgan fingerprint density at radius 1 is 1.11 bits per heavy atom. The molecular weight excluding hydrogens is 239 g/mol. The summed E-state index contributed by atoms with van der Waals surface area (Å²) in [6.45, 7) is 9.02. The zero-order chi connectivity index (χ0) is 13.8. The third-order valence-electron chi connectivity index (χ3n) is 3.11. The zero-order valence-electron chi connectivity index (χ0n) is 11.1. The van der Waals surface area contributed by atoms with Gasteiger partial charge < -0.3 is 4.90 Å². The quantitative estimate of drug-likeness (QED) is 0.771. The molecular formula is C14H20F3N. The Kier molecular flexibility index (Phi) is 5.20. The van der Waals surface area contributed by atoms with Gasteiger partial charge in [-0.2, -0.15) is 13.2 Å². The molecule has 0 spiro atoms. The summed E-state index contributed by atoms with van der Waals surface area (Å²) < 4.78 is 37.0. The van der Waals surface area contributed by atoms with E-state index in [0.29, 0.717) is 5.92 Å². The molecule has 0 aromatic heterocycles. The maximum absolute atomic E-state index is 12.3. The molecule has 0 saturated carbocycles. The second-order valence-electron chi connectivity index (χ2n) is 4.17. The molecule has 1 saturated heterocycles. The van der Waals surface area contributed by atoms with Gasteiger partial charge in [0.15, 0.2) is 0 Å². The molecule has 0 N–H and O–H groups in total. The van der Waals surface area contributed by atoms with Crippen LogP contribution in [0.1, 0.15) is 37.8 Å². The lowest BCUT2D eigenvalue weighted by Gasteiger charge is -2.38. The Balaban J connectivity index is 0.000000771. The summed E-state index contributed by atoms with van der Waals surface area (Å²) in [6, 6.07) is 5.54. The first-order chi connectivity index (χ1) is 8.50. The Labute approximate surface area is 107 Å². The largest absolute Gasteiger partial charge is 0.416 e. The van der Waals surface area contributed by atoms with Crippen molar-refractivity contribution in [3.63, 3.8) is 0 Å². The van der Waals surface area contributed by atoms with Crippen molar-refractivity contribution in [1.82, 2.24) is 4.90 Å². The molecule has 0 unspecified atom stereocenters. The van der Waals surface area contributed by atoms with Crippen molar-refractivity contribution < 1.29 is 13.2 Å². The van der Waals surface area contributed by atoms with Crippen molar-refractivity contribution in [2.75, 3.05) is 19.6 Å². The SMILES string of the molecule is CC.CCN1CC(c2ccc(C(F)(F)F)cc2)C1. The van der Waals surface area contributed by atoms with E-state index in [2.05, 4.69) is 11.8 Å². The van der Waals surface area contributed by atoms with E-state index in [1.807, 2.05) is 13.8 Å². The first kappa shape index (κ1) is 15.0. The number of benzene rings is 1. The smallest absolute Gasteiger partial charge is 0.302 e. The molecule has 0 bridgehead atoms. The number of hydrogen-bond donors (Lipinski definition) is 0. The van der Waals surface area contributed by atoms with E-state index in [-0.39, 0.29) is 0 Å². The molecule has 18 heavy (non-hydrogen) atoms. The third kappa shape index (κ3) is 3.48. The van der Waals surface area contributed by atoms with Crippen LogP contribution >= 0.6 is 0 Å². The summed E-state index contributed by atoms with van der Waals surface area (Å²) in [4.78, 5) is 2.27. The fraction of sp³-hybridized carbons (Fsp3) is 0.571. The van der Waals surface area contributed by atoms with Crippen LogP contribution in [0.15, 0.2) is 24.3 Å². The van der Waals surface area contributed by atoms with Gasteiger partial charge >= 0.3 is 6.18 Å². The molecule has 1 aromatic rings. The maximum atomic E-state index is 12.3. The normalized spacial score (nSPS) is 16.8. The highest BCUT2D eigenvalue weighted by molar-refractivity contribution is 5.28. The Morgan fingerprint density at radius 2 is 1.61 bits per heavy atom. The minimum atomic E-state index is -4.23. The fourth-order valence-electron chi connectivity index (χ4n) is 1.98. The van der Waals surface area contributed by atoms with Crippen molar-refractivity contribution in [1.29, 1.82) is 0 Å². The van der Waals surface area contributed by atoms with E-state index in [1.54, 1.807) is 12.1 Å². The monoisotopic (exact) mass is 259 g/mol. The number of likely N-dealkylation sites (N-methyl/N-ethyl adjacent to an activating group) is 1. The molecule has 1 nitrogen and oxygen atoms in total. The molecule has 1 aliphatic rings. The molecule has 1 fully saturated rings. The highest BCUT2D eigenvalue weighted by atomic mass is 19.4. The van der Waals surface area contributed by atoms with Crippen LogP contribution in [0.2, 0.25) is 0 Å². The van der Waals surface area contributed by atoms with Crippen molar-refractivity contribution in [2.24, 2.45) is 0 Å². The average Bonchev–Trinajstić information content (AvgIpc) is 2.30. The zero-order valence-corrected chi connectivity index (χ0v) is 11.1. The number of nitrogens with zero attached hydrogens (tertiary/aromatic N) is 1. The molecule has 0 amide bonds. The topological polar surface area (TPSA) is 3.24 Å². The number of alkyl halides is 3. The lowest BCUT2D eigenvalue weighted by molar-refractivity contribution is -0.137. The van der Waals surface area contributed by atoms with Crippen molar-refractivity contribution in [3.8, 4) is 0 Å². The molecule has 1 aromatic carbocycles. The van der Waals surface area contributed by atoms with Gasteiger partial charge in [0.2, 0.25) is 0 Å². The van der Waals surface area contributed by atoms with Gasteiger partial charge in [-0.1, -0.05) is 32.9 Å². The number of likely N-dealkylation sites (tertiary alicyclic amines) is 1. The lowest BCUT2D eigenvalue weighted by atomic mass is 9.91. The highest BCUT2D eigenvalue weighted by Crippen LogP contribution is 2.32. The van der Waals surface area contributed by atoms with Crippen LogP contribution in [-0.4, -0.2) is 24.5 Å². The van der Waals surface area contributed by atoms with Gasteiger partial charge in [0.1, 0.15) is 0 Å². The van der Waals surface area contributed by atoms with Crippen molar-refractivity contribution >= 4 is 0 Å². The summed E-state index contributed by atoms with van der Waals surface area (Å²) in [5.41, 5.74) is 0.445. The highest BCUT2D eigenvalue weighted by Gasteiger charge is 2.31. The van der Waals surface area contributed by atoms with E-state index in [4.69, 9.17) is 0 Å². The predicted octanol–water partition coefficient (Wildman–Crippen LogP) is 4.15. The maximum Gasteiger partial charge on any atom is 0.416 e. The van der Waals surface area contributed by atoms with E-state index < -0.39 is 11.7 Å². The van der Waals surface area contributed by atoms with Crippen LogP contribution in [0.3, 0.4) is 0 Å². The van der Waals surface area contributed by atoms with Gasteiger partial charge in [0.05, 0.1) is 5.56 Å². The van der Waals surface area contributed by atoms with Gasteiger partial charge in [0, 0.05) is 19.0 Å². The van der Waals surface area contributed by atoms with Gasteiger partial charge in [-0.15, -0.1) is 0 Å². The molecule has 4 heteroatoms. The fourth-order valence-corrected chi connectivity index (χ4v) is 1.98. The van der Waals surface area contributed by atoms with Gasteiger partial charge in [-0.25, -0.2) is 0 Å².